The number of hydrogen-bond acceptors (Lipinski definition) is 6. The SMILES string of the molecule is CC(O[Si](C)(C)C)(C(=O)O[Si](C)(C)C)C(C(O[Si](C)(C)C)C(=O)[O-])[Si](C)(C)C. The Labute approximate surface area is 175 Å². The van der Waals surface area contributed by atoms with Crippen LogP contribution in [0, 0.1) is 0 Å². The molecule has 10 heteroatoms. The average molecular weight is 466 g/mol. The lowest BCUT2D eigenvalue weighted by Gasteiger charge is -2.50. The van der Waals surface area contributed by atoms with Crippen LogP contribution in [-0.2, 0) is 22.9 Å². The lowest BCUT2D eigenvalue weighted by atomic mass is 9.97. The van der Waals surface area contributed by atoms with Crippen molar-refractivity contribution in [3.63, 3.8) is 0 Å². The Balaban J connectivity index is 6.63. The van der Waals surface area contributed by atoms with Gasteiger partial charge in [-0.05, 0) is 65.8 Å². The number of hydrogen-bond donors (Lipinski definition) is 0. The van der Waals surface area contributed by atoms with E-state index in [-0.39, 0.29) is 0 Å². The van der Waals surface area contributed by atoms with Gasteiger partial charge in [-0.25, -0.2) is 0 Å². The highest BCUT2D eigenvalue weighted by molar-refractivity contribution is 6.79. The molecule has 3 atom stereocenters. The molecule has 3 unspecified atom stereocenters. The first kappa shape index (κ1) is 27.7. The molecule has 0 aromatic carbocycles. The molecule has 0 rings (SSSR count). The Kier molecular flexibility index (Phi) is 8.76. The minimum Gasteiger partial charge on any atom is -0.547 e. The normalized spacial score (nSPS) is 18.2. The Morgan fingerprint density at radius 1 is 0.786 bits per heavy atom. The third-order valence-electron chi connectivity index (χ3n) is 3.86. The summed E-state index contributed by atoms with van der Waals surface area (Å²) in [6.07, 6.45) is -1.21. The third kappa shape index (κ3) is 9.03. The van der Waals surface area contributed by atoms with Crippen LogP contribution in [0.3, 0.4) is 0 Å². The van der Waals surface area contributed by atoms with E-state index in [2.05, 4.69) is 0 Å². The van der Waals surface area contributed by atoms with E-state index in [1.54, 1.807) is 6.92 Å². The maximum atomic E-state index is 13.4. The lowest BCUT2D eigenvalue weighted by Crippen LogP contribution is -2.64. The van der Waals surface area contributed by atoms with Crippen molar-refractivity contribution >= 4 is 45.0 Å². The van der Waals surface area contributed by atoms with Crippen LogP contribution in [0.1, 0.15) is 6.92 Å². The van der Waals surface area contributed by atoms with E-state index in [4.69, 9.17) is 13.3 Å². The molecule has 0 heterocycles. The molecule has 166 valence electrons. The van der Waals surface area contributed by atoms with Gasteiger partial charge in [-0.2, -0.15) is 0 Å². The maximum absolute atomic E-state index is 13.4. The predicted octanol–water partition coefficient (Wildman–Crippen LogP) is 3.65. The third-order valence-corrected chi connectivity index (χ3v) is 9.38. The first-order valence-corrected chi connectivity index (χ1v) is 23.6. The zero-order valence-electron chi connectivity index (χ0n) is 20.1. The van der Waals surface area contributed by atoms with Crippen molar-refractivity contribution < 1.29 is 28.0 Å². The van der Waals surface area contributed by atoms with Crippen molar-refractivity contribution in [2.45, 2.75) is 103 Å². The number of aliphatic carboxylic acids is 1. The first-order valence-electron chi connectivity index (χ1n) is 9.82. The number of carbonyl (C=O) groups excluding carboxylic acids is 2. The Bertz CT molecular complexity index is 569. The minimum absolute atomic E-state index is 0.480. The molecule has 28 heavy (non-hydrogen) atoms. The summed E-state index contributed by atoms with van der Waals surface area (Å²) in [6.45, 7) is 25.3. The summed E-state index contributed by atoms with van der Waals surface area (Å²) in [5, 5.41) is 12.2. The van der Waals surface area contributed by atoms with E-state index in [1.165, 1.54) is 0 Å². The summed E-state index contributed by atoms with van der Waals surface area (Å²) in [4.78, 5) is 25.6. The summed E-state index contributed by atoms with van der Waals surface area (Å²) in [6, 6.07) is 0. The molecule has 0 aromatic rings. The molecule has 0 radical (unpaired) electrons. The second-order valence-electron chi connectivity index (χ2n) is 11.6. The van der Waals surface area contributed by atoms with E-state index in [9.17, 15) is 14.7 Å². The fourth-order valence-corrected chi connectivity index (χ4v) is 9.88. The van der Waals surface area contributed by atoms with E-state index in [0.29, 0.717) is 0 Å². The van der Waals surface area contributed by atoms with Crippen molar-refractivity contribution in [1.29, 1.82) is 0 Å². The van der Waals surface area contributed by atoms with Crippen LogP contribution < -0.4 is 5.11 Å². The topological polar surface area (TPSA) is 84.9 Å². The summed E-state index contributed by atoms with van der Waals surface area (Å²) >= 11 is 0. The molecular weight excluding hydrogens is 425 g/mol. The summed E-state index contributed by atoms with van der Waals surface area (Å²) in [5.74, 6) is -1.77. The van der Waals surface area contributed by atoms with Gasteiger partial charge in [-0.3, -0.25) is 4.79 Å². The molecule has 0 aliphatic heterocycles. The molecule has 0 amide bonds. The van der Waals surface area contributed by atoms with E-state index >= 15 is 0 Å². The van der Waals surface area contributed by atoms with Gasteiger partial charge in [0.1, 0.15) is 0 Å². The van der Waals surface area contributed by atoms with Gasteiger partial charge in [-0.1, -0.05) is 19.6 Å². The fraction of sp³-hybridized carbons (Fsp3) is 0.889. The number of carboxylic acid groups (broad SMARTS) is 1. The molecule has 0 aliphatic rings. The molecule has 0 saturated heterocycles. The number of carbonyl (C=O) groups is 2. The van der Waals surface area contributed by atoms with Crippen LogP contribution in [-0.4, -0.2) is 56.7 Å². The Hall–Kier alpha value is -0.272. The van der Waals surface area contributed by atoms with Gasteiger partial charge in [0, 0.05) is 5.54 Å². The van der Waals surface area contributed by atoms with Gasteiger partial charge in [0.2, 0.25) is 8.32 Å². The largest absolute Gasteiger partial charge is 0.547 e. The monoisotopic (exact) mass is 465 g/mol. The molecule has 6 nitrogen and oxygen atoms in total. The summed E-state index contributed by atoms with van der Waals surface area (Å²) < 4.78 is 18.4. The van der Waals surface area contributed by atoms with Gasteiger partial charge >= 0.3 is 5.97 Å². The van der Waals surface area contributed by atoms with E-state index in [1.807, 2.05) is 78.6 Å². The zero-order valence-corrected chi connectivity index (χ0v) is 24.1. The molecule has 0 saturated carbocycles. The fourth-order valence-electron chi connectivity index (χ4n) is 3.45. The Morgan fingerprint density at radius 2 is 1.21 bits per heavy atom. The quantitative estimate of drug-likeness (QED) is 0.458. The second kappa shape index (κ2) is 8.84. The highest BCUT2D eigenvalue weighted by atomic mass is 28.4. The molecule has 0 aromatic heterocycles. The van der Waals surface area contributed by atoms with Crippen LogP contribution >= 0.6 is 0 Å². The van der Waals surface area contributed by atoms with Gasteiger partial charge in [0.05, 0.1) is 20.1 Å². The molecule has 0 fully saturated rings. The van der Waals surface area contributed by atoms with Crippen LogP contribution in [0.5, 0.6) is 0 Å². The van der Waals surface area contributed by atoms with Crippen molar-refractivity contribution in [2.24, 2.45) is 0 Å². The number of rotatable bonds is 10. The highest BCUT2D eigenvalue weighted by Crippen LogP contribution is 2.43. The predicted molar refractivity (Wildman–Crippen MR) is 123 cm³/mol. The smallest absolute Gasteiger partial charge is 0.323 e. The van der Waals surface area contributed by atoms with Crippen molar-refractivity contribution in [3.05, 3.63) is 0 Å². The minimum atomic E-state index is -2.30. The first-order chi connectivity index (χ1) is 12.0. The van der Waals surface area contributed by atoms with Gasteiger partial charge < -0.3 is 23.2 Å². The lowest BCUT2D eigenvalue weighted by molar-refractivity contribution is -0.315. The van der Waals surface area contributed by atoms with Crippen molar-refractivity contribution in [1.82, 2.24) is 0 Å². The van der Waals surface area contributed by atoms with Crippen molar-refractivity contribution in [2.75, 3.05) is 0 Å². The van der Waals surface area contributed by atoms with Crippen LogP contribution in [0.4, 0.5) is 0 Å². The summed E-state index contributed by atoms with van der Waals surface area (Å²) in [5.41, 5.74) is -2.05. The Morgan fingerprint density at radius 3 is 1.46 bits per heavy atom. The molecule has 0 spiro atoms. The average Bonchev–Trinajstić information content (AvgIpc) is 2.29. The molecule has 0 bridgehead atoms. The van der Waals surface area contributed by atoms with Crippen LogP contribution in [0.15, 0.2) is 0 Å². The maximum Gasteiger partial charge on any atom is 0.323 e. The summed E-state index contributed by atoms with van der Waals surface area (Å²) in [7, 11) is -8.97. The van der Waals surface area contributed by atoms with Crippen LogP contribution in [0.2, 0.25) is 84.1 Å². The van der Waals surface area contributed by atoms with Crippen LogP contribution in [0.25, 0.3) is 0 Å². The second-order valence-corrected chi connectivity index (χ2v) is 30.3. The standard InChI is InChI=1S/C18H42O6Si4/c1-18(24-28(11,12)13,17(21)23-27(8,9)10)15(25(2,3)4)14(16(19)20)22-26(5,6)7/h14-15H,1-13H3,(H,19,20)/p-1. The zero-order chi connectivity index (χ0) is 22.9. The molecule has 0 aliphatic carbocycles. The van der Waals surface area contributed by atoms with Gasteiger partial charge in [0.25, 0.3) is 0 Å². The van der Waals surface area contributed by atoms with E-state index in [0.717, 1.165) is 0 Å². The van der Waals surface area contributed by atoms with Crippen molar-refractivity contribution in [3.8, 4) is 0 Å². The highest BCUT2D eigenvalue weighted by Gasteiger charge is 2.56. The molecule has 0 N–H and O–H groups in total. The van der Waals surface area contributed by atoms with Gasteiger partial charge in [-0.15, -0.1) is 0 Å². The van der Waals surface area contributed by atoms with Gasteiger partial charge in [0.15, 0.2) is 22.2 Å². The molecular formula is C18H41O6Si4-. The number of carboxylic acids is 1. The van der Waals surface area contributed by atoms with E-state index < -0.39 is 62.2 Å².